The maximum atomic E-state index is 11.4. The quantitative estimate of drug-likeness (QED) is 0.765. The van der Waals surface area contributed by atoms with E-state index in [1.807, 2.05) is 36.4 Å². The lowest BCUT2D eigenvalue weighted by molar-refractivity contribution is -0.143. The van der Waals surface area contributed by atoms with Crippen molar-refractivity contribution in [3.63, 3.8) is 0 Å². The van der Waals surface area contributed by atoms with Crippen molar-refractivity contribution in [3.8, 4) is 11.5 Å². The Morgan fingerprint density at radius 3 is 2.95 bits per heavy atom. The first-order valence-electron chi connectivity index (χ1n) is 6.18. The van der Waals surface area contributed by atoms with Crippen LogP contribution in [0.25, 0.3) is 6.08 Å². The second kappa shape index (κ2) is 4.80. The number of hydrogen-bond acceptors (Lipinski definition) is 4. The summed E-state index contributed by atoms with van der Waals surface area (Å²) in [6, 6.07) is 5.72. The minimum Gasteiger partial charge on any atom is -0.454 e. The van der Waals surface area contributed by atoms with E-state index in [1.54, 1.807) is 6.92 Å². The van der Waals surface area contributed by atoms with Crippen LogP contribution in [-0.4, -0.2) is 18.9 Å². The molecule has 0 N–H and O–H groups in total. The summed E-state index contributed by atoms with van der Waals surface area (Å²) in [5, 5.41) is 0. The number of carbonyl (C=O) groups excluding carboxylic acids is 1. The summed E-state index contributed by atoms with van der Waals surface area (Å²) in [7, 11) is 0. The molecule has 0 aromatic heterocycles. The number of fused-ring (bicyclic) bond motifs is 1. The first-order chi connectivity index (χ1) is 9.22. The van der Waals surface area contributed by atoms with Crippen LogP contribution >= 0.6 is 0 Å². The third-order valence-corrected chi connectivity index (χ3v) is 3.14. The van der Waals surface area contributed by atoms with E-state index < -0.39 is 0 Å². The Kier molecular flexibility index (Phi) is 2.99. The molecule has 2 aliphatic heterocycles. The molecule has 0 aliphatic carbocycles. The van der Waals surface area contributed by atoms with Gasteiger partial charge in [0, 0.05) is 12.0 Å². The van der Waals surface area contributed by atoms with E-state index in [1.165, 1.54) is 0 Å². The molecule has 0 radical (unpaired) electrons. The van der Waals surface area contributed by atoms with Gasteiger partial charge < -0.3 is 14.2 Å². The van der Waals surface area contributed by atoms with Gasteiger partial charge in [-0.2, -0.15) is 0 Å². The van der Waals surface area contributed by atoms with Gasteiger partial charge >= 0.3 is 5.97 Å². The number of cyclic esters (lactones) is 1. The minimum absolute atomic E-state index is 0.193. The van der Waals surface area contributed by atoms with E-state index in [0.29, 0.717) is 5.57 Å². The molecule has 0 amide bonds. The minimum atomic E-state index is -0.244. The molecular weight excluding hydrogens is 244 g/mol. The highest BCUT2D eigenvalue weighted by Gasteiger charge is 2.18. The smallest absolute Gasteiger partial charge is 0.333 e. The van der Waals surface area contributed by atoms with Crippen molar-refractivity contribution < 1.29 is 19.0 Å². The highest BCUT2D eigenvalue weighted by atomic mass is 16.7. The summed E-state index contributed by atoms with van der Waals surface area (Å²) in [6.07, 6.45) is 6.24. The van der Waals surface area contributed by atoms with Gasteiger partial charge in [-0.25, -0.2) is 4.79 Å². The highest BCUT2D eigenvalue weighted by Crippen LogP contribution is 2.32. The molecule has 4 nitrogen and oxygen atoms in total. The molecule has 98 valence electrons. The summed E-state index contributed by atoms with van der Waals surface area (Å²) >= 11 is 0. The molecule has 19 heavy (non-hydrogen) atoms. The van der Waals surface area contributed by atoms with Gasteiger partial charge in [0.05, 0.1) is 0 Å². The van der Waals surface area contributed by atoms with Crippen LogP contribution in [0.3, 0.4) is 0 Å². The summed E-state index contributed by atoms with van der Waals surface area (Å²) in [5.74, 6) is 1.27. The van der Waals surface area contributed by atoms with Gasteiger partial charge in [-0.1, -0.05) is 18.2 Å². The van der Waals surface area contributed by atoms with Crippen molar-refractivity contribution >= 4 is 12.0 Å². The van der Waals surface area contributed by atoms with Crippen LogP contribution in [0.1, 0.15) is 18.9 Å². The lowest BCUT2D eigenvalue weighted by atomic mass is 10.1. The van der Waals surface area contributed by atoms with E-state index in [0.717, 1.165) is 23.5 Å². The highest BCUT2D eigenvalue weighted by molar-refractivity contribution is 5.88. The topological polar surface area (TPSA) is 44.8 Å². The van der Waals surface area contributed by atoms with Gasteiger partial charge in [-0.15, -0.1) is 0 Å². The van der Waals surface area contributed by atoms with Crippen LogP contribution in [-0.2, 0) is 9.53 Å². The van der Waals surface area contributed by atoms with Gasteiger partial charge in [0.15, 0.2) is 11.5 Å². The van der Waals surface area contributed by atoms with Crippen molar-refractivity contribution in [1.82, 2.24) is 0 Å². The van der Waals surface area contributed by atoms with Crippen LogP contribution in [0.5, 0.6) is 11.5 Å². The van der Waals surface area contributed by atoms with E-state index in [4.69, 9.17) is 14.2 Å². The average molecular weight is 258 g/mol. The molecule has 1 aromatic rings. The van der Waals surface area contributed by atoms with Gasteiger partial charge in [0.1, 0.15) is 6.10 Å². The van der Waals surface area contributed by atoms with Crippen molar-refractivity contribution in [2.24, 2.45) is 0 Å². The summed E-state index contributed by atoms with van der Waals surface area (Å²) < 4.78 is 15.8. The summed E-state index contributed by atoms with van der Waals surface area (Å²) in [5.41, 5.74) is 1.67. The summed E-state index contributed by atoms with van der Waals surface area (Å²) in [6.45, 7) is 2.03. The molecule has 4 heteroatoms. The largest absolute Gasteiger partial charge is 0.454 e. The molecule has 2 heterocycles. The molecule has 1 unspecified atom stereocenters. The first kappa shape index (κ1) is 11.8. The van der Waals surface area contributed by atoms with E-state index >= 15 is 0 Å². The van der Waals surface area contributed by atoms with Gasteiger partial charge in [0.2, 0.25) is 6.79 Å². The maximum Gasteiger partial charge on any atom is 0.333 e. The Morgan fingerprint density at radius 2 is 2.11 bits per heavy atom. The molecular formula is C15H14O4. The van der Waals surface area contributed by atoms with E-state index in [2.05, 4.69) is 0 Å². The third-order valence-electron chi connectivity index (χ3n) is 3.14. The zero-order valence-corrected chi connectivity index (χ0v) is 10.6. The van der Waals surface area contributed by atoms with E-state index in [-0.39, 0.29) is 18.9 Å². The maximum absolute atomic E-state index is 11.4. The van der Waals surface area contributed by atoms with Gasteiger partial charge in [-0.3, -0.25) is 0 Å². The fourth-order valence-corrected chi connectivity index (χ4v) is 2.01. The molecule has 0 saturated heterocycles. The molecule has 0 spiro atoms. The Labute approximate surface area is 111 Å². The number of hydrogen-bond donors (Lipinski definition) is 0. The molecule has 0 saturated carbocycles. The Bertz CT molecular complexity index is 572. The molecule has 1 atom stereocenters. The number of benzene rings is 1. The molecule has 2 aliphatic rings. The average Bonchev–Trinajstić information content (AvgIpc) is 2.87. The second-order valence-corrected chi connectivity index (χ2v) is 4.54. The molecule has 0 fully saturated rings. The SMILES string of the molecule is CC1=CCC(/C=C/c2ccc3c(c2)OCO3)OC1=O. The van der Waals surface area contributed by atoms with Crippen molar-refractivity contribution in [3.05, 3.63) is 41.5 Å². The lowest BCUT2D eigenvalue weighted by Crippen LogP contribution is -2.20. The number of carbonyl (C=O) groups is 1. The summed E-state index contributed by atoms with van der Waals surface area (Å²) in [4.78, 5) is 11.4. The van der Waals surface area contributed by atoms with Crippen LogP contribution in [0.15, 0.2) is 35.9 Å². The molecule has 0 bridgehead atoms. The fourth-order valence-electron chi connectivity index (χ4n) is 2.01. The first-order valence-corrected chi connectivity index (χ1v) is 6.18. The standard InChI is InChI=1S/C15H14O4/c1-10-2-5-12(19-15(10)16)6-3-11-4-7-13-14(8-11)18-9-17-13/h2-4,6-8,12H,5,9H2,1H3/b6-3+. The Morgan fingerprint density at radius 1 is 1.26 bits per heavy atom. The zero-order valence-electron chi connectivity index (χ0n) is 10.6. The Balaban J connectivity index is 1.71. The lowest BCUT2D eigenvalue weighted by Gasteiger charge is -2.17. The number of esters is 1. The predicted molar refractivity (Wildman–Crippen MR) is 69.9 cm³/mol. The van der Waals surface area contributed by atoms with E-state index in [9.17, 15) is 4.79 Å². The van der Waals surface area contributed by atoms with Crippen LogP contribution in [0.4, 0.5) is 0 Å². The second-order valence-electron chi connectivity index (χ2n) is 4.54. The third kappa shape index (κ3) is 2.47. The zero-order chi connectivity index (χ0) is 13.2. The fraction of sp³-hybridized carbons (Fsp3) is 0.267. The Hall–Kier alpha value is -2.23. The number of ether oxygens (including phenoxy) is 3. The van der Waals surface area contributed by atoms with Gasteiger partial charge in [0.25, 0.3) is 0 Å². The normalized spacial score (nSPS) is 21.4. The van der Waals surface area contributed by atoms with Crippen molar-refractivity contribution in [1.29, 1.82) is 0 Å². The monoisotopic (exact) mass is 258 g/mol. The van der Waals surface area contributed by atoms with Crippen LogP contribution in [0, 0.1) is 0 Å². The van der Waals surface area contributed by atoms with Crippen molar-refractivity contribution in [2.75, 3.05) is 6.79 Å². The molecule has 3 rings (SSSR count). The van der Waals surface area contributed by atoms with Crippen LogP contribution in [0.2, 0.25) is 0 Å². The predicted octanol–water partition coefficient (Wildman–Crippen LogP) is 2.69. The number of rotatable bonds is 2. The van der Waals surface area contributed by atoms with Crippen LogP contribution < -0.4 is 9.47 Å². The molecule has 1 aromatic carbocycles. The van der Waals surface area contributed by atoms with Crippen molar-refractivity contribution in [2.45, 2.75) is 19.4 Å². The van der Waals surface area contributed by atoms with Gasteiger partial charge in [-0.05, 0) is 30.7 Å².